The fourth-order valence-corrected chi connectivity index (χ4v) is 4.56. The maximum Gasteiger partial charge on any atom is 0.359 e. The van der Waals surface area contributed by atoms with Crippen molar-refractivity contribution in [3.63, 3.8) is 0 Å². The van der Waals surface area contributed by atoms with Gasteiger partial charge >= 0.3 is 5.97 Å². The molecule has 4 rings (SSSR count). The van der Waals surface area contributed by atoms with Gasteiger partial charge in [-0.15, -0.1) is 11.3 Å². The second-order valence-electron chi connectivity index (χ2n) is 7.76. The van der Waals surface area contributed by atoms with Gasteiger partial charge in [0.05, 0.1) is 24.1 Å². The largest absolute Gasteiger partial charge is 0.461 e. The molecule has 0 aliphatic heterocycles. The number of ether oxygens (including phenoxy) is 1. The molecule has 4 aromatic rings. The third-order valence-corrected chi connectivity index (χ3v) is 6.53. The fourth-order valence-electron chi connectivity index (χ4n) is 3.48. The second kappa shape index (κ2) is 9.79. The molecule has 0 saturated carbocycles. The smallest absolute Gasteiger partial charge is 0.359 e. The van der Waals surface area contributed by atoms with E-state index in [1.54, 1.807) is 42.6 Å². The van der Waals surface area contributed by atoms with E-state index in [9.17, 15) is 14.4 Å². The van der Waals surface area contributed by atoms with Crippen molar-refractivity contribution in [2.24, 2.45) is 0 Å². The van der Waals surface area contributed by atoms with Crippen molar-refractivity contribution in [1.82, 2.24) is 9.78 Å². The second-order valence-corrected chi connectivity index (χ2v) is 9.08. The monoisotopic (exact) mass is 495 g/mol. The molecule has 0 bridgehead atoms. The molecule has 7 nitrogen and oxygen atoms in total. The summed E-state index contributed by atoms with van der Waals surface area (Å²) in [6, 6.07) is 12.4. The van der Waals surface area contributed by atoms with Crippen molar-refractivity contribution in [2.45, 2.75) is 27.2 Å². The quantitative estimate of drug-likeness (QED) is 0.377. The number of hydrogen-bond acceptors (Lipinski definition) is 6. The van der Waals surface area contributed by atoms with Crippen LogP contribution in [0.4, 0.5) is 5.00 Å². The summed E-state index contributed by atoms with van der Waals surface area (Å²) >= 11 is 7.08. The fraction of sp³-hybridized carbons (Fsp3) is 0.200. The molecule has 174 valence electrons. The number of halogens is 1. The molecule has 1 N–H and O–H groups in total. The highest BCUT2D eigenvalue weighted by Gasteiger charge is 2.23. The van der Waals surface area contributed by atoms with E-state index in [-0.39, 0.29) is 30.0 Å². The van der Waals surface area contributed by atoms with Gasteiger partial charge in [-0.25, -0.2) is 4.79 Å². The molecule has 2 aromatic carbocycles. The molecule has 0 fully saturated rings. The number of anilines is 1. The molecule has 2 heterocycles. The molecule has 0 aliphatic rings. The average Bonchev–Trinajstić information content (AvgIpc) is 3.21. The molecular weight excluding hydrogens is 474 g/mol. The van der Waals surface area contributed by atoms with Crippen LogP contribution in [0.5, 0.6) is 0 Å². The highest BCUT2D eigenvalue weighted by molar-refractivity contribution is 7.16. The number of amides is 1. The number of benzene rings is 2. The van der Waals surface area contributed by atoms with Crippen LogP contribution in [-0.4, -0.2) is 28.3 Å². The molecule has 1 amide bonds. The van der Waals surface area contributed by atoms with Gasteiger partial charge in [0.25, 0.3) is 5.56 Å². The molecule has 0 unspecified atom stereocenters. The third kappa shape index (κ3) is 4.73. The van der Waals surface area contributed by atoms with E-state index in [0.717, 1.165) is 28.0 Å². The van der Waals surface area contributed by atoms with Gasteiger partial charge in [0.15, 0.2) is 5.69 Å². The first-order chi connectivity index (χ1) is 16.3. The summed E-state index contributed by atoms with van der Waals surface area (Å²) in [5, 5.41) is 10.3. The minimum Gasteiger partial charge on any atom is -0.461 e. The minimum atomic E-state index is -0.637. The van der Waals surface area contributed by atoms with Crippen LogP contribution in [0.1, 0.15) is 34.1 Å². The number of nitrogens with one attached hydrogen (secondary N) is 1. The lowest BCUT2D eigenvalue weighted by molar-refractivity contribution is -0.115. The number of esters is 1. The van der Waals surface area contributed by atoms with Crippen molar-refractivity contribution in [2.75, 3.05) is 11.9 Å². The maximum absolute atomic E-state index is 13.5. The summed E-state index contributed by atoms with van der Waals surface area (Å²) in [5.41, 5.74) is 2.92. The highest BCUT2D eigenvalue weighted by Crippen LogP contribution is 2.31. The molecular formula is C25H22ClN3O4S. The Hall–Kier alpha value is -3.49. The zero-order chi connectivity index (χ0) is 24.4. The Labute approximate surface area is 204 Å². The molecule has 9 heteroatoms. The topological polar surface area (TPSA) is 90.3 Å². The Bertz CT molecular complexity index is 1460. The Morgan fingerprint density at radius 1 is 1.12 bits per heavy atom. The predicted molar refractivity (Wildman–Crippen MR) is 134 cm³/mol. The number of rotatable bonds is 6. The summed E-state index contributed by atoms with van der Waals surface area (Å²) in [7, 11) is 0. The van der Waals surface area contributed by atoms with E-state index < -0.39 is 11.5 Å². The van der Waals surface area contributed by atoms with E-state index in [1.807, 2.05) is 26.0 Å². The average molecular weight is 496 g/mol. The third-order valence-electron chi connectivity index (χ3n) is 5.39. The summed E-state index contributed by atoms with van der Waals surface area (Å²) in [6.45, 7) is 5.77. The number of carbonyl (C=O) groups is 2. The molecule has 0 atom stereocenters. The van der Waals surface area contributed by atoms with Gasteiger partial charge in [-0.05, 0) is 61.7 Å². The SMILES string of the molecule is CCOC(=O)c1nn(-c2ccc(C)c(C)c2)c(=O)c2c(NC(=O)Cc3ccc(Cl)cc3)scc12. The summed E-state index contributed by atoms with van der Waals surface area (Å²) in [4.78, 5) is 38.9. The van der Waals surface area contributed by atoms with Crippen LogP contribution in [0.25, 0.3) is 16.5 Å². The Morgan fingerprint density at radius 3 is 2.53 bits per heavy atom. The molecule has 0 saturated heterocycles. The van der Waals surface area contributed by atoms with E-state index in [2.05, 4.69) is 10.4 Å². The van der Waals surface area contributed by atoms with Gasteiger partial charge in [0.1, 0.15) is 5.00 Å². The summed E-state index contributed by atoms with van der Waals surface area (Å²) < 4.78 is 6.36. The molecule has 0 radical (unpaired) electrons. The lowest BCUT2D eigenvalue weighted by Gasteiger charge is -2.11. The van der Waals surface area contributed by atoms with Crippen molar-refractivity contribution in [3.05, 3.63) is 85.6 Å². The van der Waals surface area contributed by atoms with Gasteiger partial charge in [0.2, 0.25) is 5.91 Å². The number of carbonyl (C=O) groups excluding carboxylic acids is 2. The summed E-state index contributed by atoms with van der Waals surface area (Å²) in [6.07, 6.45) is 0.109. The predicted octanol–water partition coefficient (Wildman–Crippen LogP) is 5.08. The minimum absolute atomic E-state index is 0.0177. The first-order valence-corrected chi connectivity index (χ1v) is 11.9. The van der Waals surface area contributed by atoms with Gasteiger partial charge in [-0.1, -0.05) is 29.8 Å². The van der Waals surface area contributed by atoms with Crippen LogP contribution >= 0.6 is 22.9 Å². The van der Waals surface area contributed by atoms with E-state index in [4.69, 9.17) is 16.3 Å². The Morgan fingerprint density at radius 2 is 1.85 bits per heavy atom. The van der Waals surface area contributed by atoms with Crippen molar-refractivity contribution < 1.29 is 14.3 Å². The number of thiophene rings is 1. The van der Waals surface area contributed by atoms with Crippen LogP contribution in [0, 0.1) is 13.8 Å². The standard InChI is InChI=1S/C25H22ClN3O4S/c1-4-33-25(32)22-19-13-34-23(27-20(30)12-16-6-8-17(26)9-7-16)21(19)24(31)29(28-22)18-10-5-14(2)15(3)11-18/h5-11,13H,4,12H2,1-3H3,(H,27,30). The van der Waals surface area contributed by atoms with Gasteiger partial charge in [-0.3, -0.25) is 9.59 Å². The number of aryl methyl sites for hydroxylation is 2. The van der Waals surface area contributed by atoms with Crippen LogP contribution in [0.2, 0.25) is 5.02 Å². The molecule has 0 spiro atoms. The first-order valence-electron chi connectivity index (χ1n) is 10.6. The zero-order valence-electron chi connectivity index (χ0n) is 18.8. The van der Waals surface area contributed by atoms with Crippen LogP contribution < -0.4 is 10.9 Å². The van der Waals surface area contributed by atoms with Crippen LogP contribution in [0.3, 0.4) is 0 Å². The first kappa shape index (κ1) is 23.7. The van der Waals surface area contributed by atoms with Gasteiger partial charge < -0.3 is 10.1 Å². The Kier molecular flexibility index (Phi) is 6.81. The zero-order valence-corrected chi connectivity index (χ0v) is 20.4. The van der Waals surface area contributed by atoms with Gasteiger partial charge in [0, 0.05) is 15.8 Å². The van der Waals surface area contributed by atoms with Crippen molar-refractivity contribution in [3.8, 4) is 5.69 Å². The number of aromatic nitrogens is 2. The number of nitrogens with zero attached hydrogens (tertiary/aromatic N) is 2. The van der Waals surface area contributed by atoms with Crippen molar-refractivity contribution >= 4 is 50.6 Å². The lowest BCUT2D eigenvalue weighted by atomic mass is 10.1. The highest BCUT2D eigenvalue weighted by atomic mass is 35.5. The molecule has 2 aromatic heterocycles. The maximum atomic E-state index is 13.5. The van der Waals surface area contributed by atoms with E-state index in [1.165, 1.54) is 4.68 Å². The normalized spacial score (nSPS) is 10.9. The van der Waals surface area contributed by atoms with Crippen LogP contribution in [-0.2, 0) is 16.0 Å². The lowest BCUT2D eigenvalue weighted by Crippen LogP contribution is -2.26. The summed E-state index contributed by atoms with van der Waals surface area (Å²) in [5.74, 6) is -0.931. The van der Waals surface area contributed by atoms with E-state index >= 15 is 0 Å². The number of fused-ring (bicyclic) bond motifs is 1. The van der Waals surface area contributed by atoms with Crippen LogP contribution in [0.15, 0.2) is 52.6 Å². The number of hydrogen-bond donors (Lipinski definition) is 1. The molecule has 0 aliphatic carbocycles. The molecule has 34 heavy (non-hydrogen) atoms. The Balaban J connectivity index is 1.80. The van der Waals surface area contributed by atoms with Gasteiger partial charge in [-0.2, -0.15) is 9.78 Å². The van der Waals surface area contributed by atoms with E-state index in [0.29, 0.717) is 21.1 Å². The van der Waals surface area contributed by atoms with Crippen molar-refractivity contribution in [1.29, 1.82) is 0 Å².